The lowest BCUT2D eigenvalue weighted by Crippen LogP contribution is -2.12. The normalized spacial score (nSPS) is 14.8. The van der Waals surface area contributed by atoms with Gasteiger partial charge in [-0.3, -0.25) is 0 Å². The molecule has 0 nitrogen and oxygen atoms in total. The molecule has 0 fully saturated rings. The molecule has 0 saturated carbocycles. The van der Waals surface area contributed by atoms with Crippen molar-refractivity contribution in [3.05, 3.63) is 88.3 Å². The zero-order valence-electron chi connectivity index (χ0n) is 10.6. The Bertz CT molecular complexity index is 827. The van der Waals surface area contributed by atoms with Crippen molar-refractivity contribution in [2.75, 3.05) is 0 Å². The van der Waals surface area contributed by atoms with Gasteiger partial charge in [-0.25, -0.2) is 0 Å². The lowest BCUT2D eigenvalue weighted by molar-refractivity contribution is 0.989. The van der Waals surface area contributed by atoms with Crippen LogP contribution in [0.25, 0.3) is 10.8 Å². The summed E-state index contributed by atoms with van der Waals surface area (Å²) in [6, 6.07) is 20.2. The van der Waals surface area contributed by atoms with E-state index in [1.54, 1.807) is 5.92 Å². The van der Waals surface area contributed by atoms with Gasteiger partial charge in [0.25, 0.3) is 0 Å². The van der Waals surface area contributed by atoms with Crippen molar-refractivity contribution in [1.29, 1.82) is 0 Å². The minimum absolute atomic E-state index is 1.08. The van der Waals surface area contributed by atoms with E-state index in [1.807, 2.05) is 0 Å². The third-order valence-corrected chi connectivity index (χ3v) is 4.61. The van der Waals surface area contributed by atoms with E-state index in [1.165, 1.54) is 38.6 Å². The van der Waals surface area contributed by atoms with Crippen LogP contribution in [0.15, 0.2) is 54.6 Å². The smallest absolute Gasteiger partial charge is 0.0599 e. The summed E-state index contributed by atoms with van der Waals surface area (Å²) in [5, 5.41) is 2.90. The van der Waals surface area contributed by atoms with E-state index >= 15 is 0 Å². The maximum Gasteiger partial charge on any atom is 0.0884 e. The van der Waals surface area contributed by atoms with Crippen LogP contribution in [-0.2, 0) is 12.8 Å². The summed E-state index contributed by atoms with van der Waals surface area (Å²) in [4.78, 5) is 0. The molecule has 3 aromatic rings. The van der Waals surface area contributed by atoms with Gasteiger partial charge in [-0.1, -0.05) is 6.07 Å². The topological polar surface area (TPSA) is 0 Å². The van der Waals surface area contributed by atoms with Gasteiger partial charge in [0.2, 0.25) is 0 Å². The lowest BCUT2D eigenvalue weighted by Gasteiger charge is -2.18. The Labute approximate surface area is 112 Å². The van der Waals surface area contributed by atoms with Crippen molar-refractivity contribution in [2.24, 2.45) is 0 Å². The van der Waals surface area contributed by atoms with Gasteiger partial charge in [0.1, 0.15) is 0 Å². The number of fused-ring (bicyclic) bond motifs is 2. The molecule has 0 spiro atoms. The van der Waals surface area contributed by atoms with Gasteiger partial charge in [-0.15, -0.1) is 0 Å². The summed E-state index contributed by atoms with van der Waals surface area (Å²) < 4.78 is 0. The average Bonchev–Trinajstić information content (AvgIpc) is 2.85. The van der Waals surface area contributed by atoms with E-state index in [0.29, 0.717) is 0 Å². The van der Waals surface area contributed by atoms with Crippen LogP contribution in [-0.4, -0.2) is 0 Å². The summed E-state index contributed by atoms with van der Waals surface area (Å²) in [6.45, 7) is 0. The maximum absolute atomic E-state index is 2.32. The molecule has 2 aliphatic carbocycles. The SMILES string of the molecule is c1ccc2c(c1)Cc1ccc3cccc4c3c1[C+]2C4. The van der Waals surface area contributed by atoms with Gasteiger partial charge in [0.15, 0.2) is 0 Å². The molecule has 0 radical (unpaired) electrons. The summed E-state index contributed by atoms with van der Waals surface area (Å²) in [5.74, 6) is 1.55. The number of hydrogen-bond acceptors (Lipinski definition) is 0. The largest absolute Gasteiger partial charge is 0.0884 e. The van der Waals surface area contributed by atoms with Crippen molar-refractivity contribution in [1.82, 2.24) is 0 Å². The molecule has 0 bridgehead atoms. The molecule has 0 saturated heterocycles. The first-order valence-electron chi connectivity index (χ1n) is 6.90. The minimum Gasteiger partial charge on any atom is -0.0599 e. The van der Waals surface area contributed by atoms with Gasteiger partial charge in [0, 0.05) is 40.5 Å². The lowest BCUT2D eigenvalue weighted by atomic mass is 9.79. The maximum atomic E-state index is 2.32. The second kappa shape index (κ2) is 3.21. The summed E-state index contributed by atoms with van der Waals surface area (Å²) in [7, 11) is 0. The first-order chi connectivity index (χ1) is 9.42. The fourth-order valence-corrected chi connectivity index (χ4v) is 3.82. The van der Waals surface area contributed by atoms with E-state index in [2.05, 4.69) is 54.6 Å². The Kier molecular flexibility index (Phi) is 1.64. The predicted molar refractivity (Wildman–Crippen MR) is 78.3 cm³/mol. The van der Waals surface area contributed by atoms with E-state index in [4.69, 9.17) is 0 Å². The van der Waals surface area contributed by atoms with Crippen molar-refractivity contribution in [3.8, 4) is 0 Å². The third kappa shape index (κ3) is 1.12. The highest BCUT2D eigenvalue weighted by atomic mass is 14.4. The van der Waals surface area contributed by atoms with Crippen LogP contribution < -0.4 is 0 Å². The first-order valence-corrected chi connectivity index (χ1v) is 6.90. The Morgan fingerprint density at radius 3 is 2.63 bits per heavy atom. The van der Waals surface area contributed by atoms with Crippen LogP contribution in [0.4, 0.5) is 0 Å². The highest BCUT2D eigenvalue weighted by Gasteiger charge is 2.39. The van der Waals surface area contributed by atoms with Crippen LogP contribution in [0, 0.1) is 5.92 Å². The molecular formula is C19H13+. The van der Waals surface area contributed by atoms with Crippen LogP contribution in [0.2, 0.25) is 0 Å². The number of benzene rings is 3. The van der Waals surface area contributed by atoms with Gasteiger partial charge in [-0.05, 0) is 42.5 Å². The van der Waals surface area contributed by atoms with Crippen LogP contribution in [0.5, 0.6) is 0 Å². The van der Waals surface area contributed by atoms with Crippen molar-refractivity contribution in [3.63, 3.8) is 0 Å². The molecule has 3 aromatic carbocycles. The van der Waals surface area contributed by atoms with Crippen LogP contribution in [0.1, 0.15) is 27.8 Å². The van der Waals surface area contributed by atoms with E-state index < -0.39 is 0 Å². The fraction of sp³-hybridized carbons (Fsp3) is 0.105. The zero-order chi connectivity index (χ0) is 12.4. The standard InChI is InChI=1S/C19H13/c1-2-7-16-13(4-1)10-15-9-8-12-5-3-6-14-11-17(16)19(15)18(12)14/h1-9H,10-11H2/q+1. The van der Waals surface area contributed by atoms with Crippen LogP contribution >= 0.6 is 0 Å². The second-order valence-corrected chi connectivity index (χ2v) is 5.60. The Morgan fingerprint density at radius 1 is 0.737 bits per heavy atom. The quantitative estimate of drug-likeness (QED) is 0.516. The molecule has 0 amide bonds. The molecule has 5 rings (SSSR count). The second-order valence-electron chi connectivity index (χ2n) is 5.60. The summed E-state index contributed by atoms with van der Waals surface area (Å²) in [5.41, 5.74) is 7.50. The highest BCUT2D eigenvalue weighted by Crippen LogP contribution is 2.47. The highest BCUT2D eigenvalue weighted by molar-refractivity contribution is 5.96. The predicted octanol–water partition coefficient (Wildman–Crippen LogP) is 4.27. The van der Waals surface area contributed by atoms with Crippen LogP contribution in [0.3, 0.4) is 0 Å². The van der Waals surface area contributed by atoms with E-state index in [-0.39, 0.29) is 0 Å². The van der Waals surface area contributed by atoms with E-state index in [0.717, 1.165) is 12.8 Å². The minimum atomic E-state index is 1.08. The molecule has 0 aromatic heterocycles. The number of rotatable bonds is 0. The summed E-state index contributed by atoms with van der Waals surface area (Å²) in [6.07, 6.45) is 2.18. The monoisotopic (exact) mass is 241 g/mol. The zero-order valence-corrected chi connectivity index (χ0v) is 10.6. The molecular weight excluding hydrogens is 228 g/mol. The van der Waals surface area contributed by atoms with Gasteiger partial charge >= 0.3 is 0 Å². The average molecular weight is 241 g/mol. The summed E-state index contributed by atoms with van der Waals surface area (Å²) >= 11 is 0. The fourth-order valence-electron chi connectivity index (χ4n) is 3.82. The molecule has 0 unspecified atom stereocenters. The molecule has 2 aliphatic rings. The first kappa shape index (κ1) is 9.69. The van der Waals surface area contributed by atoms with Crippen molar-refractivity contribution >= 4 is 10.8 Å². The number of hydrogen-bond donors (Lipinski definition) is 0. The molecule has 0 atom stereocenters. The molecule has 0 N–H and O–H groups in total. The Hall–Kier alpha value is -2.21. The van der Waals surface area contributed by atoms with Gasteiger partial charge in [-0.2, -0.15) is 0 Å². The van der Waals surface area contributed by atoms with Crippen molar-refractivity contribution in [2.45, 2.75) is 12.8 Å². The molecule has 0 heteroatoms. The van der Waals surface area contributed by atoms with Gasteiger partial charge < -0.3 is 0 Å². The Balaban J connectivity index is 1.91. The van der Waals surface area contributed by atoms with Crippen molar-refractivity contribution < 1.29 is 0 Å². The van der Waals surface area contributed by atoms with E-state index in [9.17, 15) is 0 Å². The molecule has 88 valence electrons. The third-order valence-electron chi connectivity index (χ3n) is 4.61. The Morgan fingerprint density at radius 2 is 1.63 bits per heavy atom. The van der Waals surface area contributed by atoms with Gasteiger partial charge in [0.05, 0.1) is 22.9 Å². The molecule has 0 heterocycles. The molecule has 19 heavy (non-hydrogen) atoms. The molecule has 0 aliphatic heterocycles.